The van der Waals surface area contributed by atoms with Crippen molar-refractivity contribution in [1.29, 1.82) is 0 Å². The highest BCUT2D eigenvalue weighted by molar-refractivity contribution is 5.15. The molecule has 2 aromatic rings. The lowest BCUT2D eigenvalue weighted by Gasteiger charge is -2.12. The minimum Gasteiger partial charge on any atom is -0.347 e. The van der Waals surface area contributed by atoms with E-state index in [4.69, 9.17) is 5.84 Å². The van der Waals surface area contributed by atoms with E-state index in [-0.39, 0.29) is 6.04 Å². The molecular formula is C12H17N5. The van der Waals surface area contributed by atoms with Crippen LogP contribution < -0.4 is 11.3 Å². The molecule has 2 rings (SSSR count). The van der Waals surface area contributed by atoms with E-state index >= 15 is 0 Å². The molecule has 0 amide bonds. The molecule has 5 nitrogen and oxygen atoms in total. The number of hydrazine groups is 1. The molecule has 4 N–H and O–H groups in total. The molecule has 2 aromatic heterocycles. The lowest BCUT2D eigenvalue weighted by molar-refractivity contribution is 0.522. The monoisotopic (exact) mass is 231 g/mol. The van der Waals surface area contributed by atoms with Crippen LogP contribution in [0.15, 0.2) is 30.7 Å². The molecule has 0 aliphatic carbocycles. The van der Waals surface area contributed by atoms with Crippen LogP contribution in [0.1, 0.15) is 30.0 Å². The van der Waals surface area contributed by atoms with E-state index in [0.717, 1.165) is 17.9 Å². The Balaban J connectivity index is 2.07. The predicted octanol–water partition coefficient (Wildman–Crippen LogP) is 1.11. The predicted molar refractivity (Wildman–Crippen MR) is 66.0 cm³/mol. The Kier molecular flexibility index (Phi) is 3.85. The molecule has 0 aliphatic rings. The lowest BCUT2D eigenvalue weighted by Crippen LogP contribution is -2.30. The van der Waals surface area contributed by atoms with Crippen molar-refractivity contribution in [1.82, 2.24) is 20.4 Å². The molecule has 0 spiro atoms. The van der Waals surface area contributed by atoms with Gasteiger partial charge < -0.3 is 4.98 Å². The number of nitrogens with two attached hydrogens (primary N) is 1. The van der Waals surface area contributed by atoms with E-state index in [1.807, 2.05) is 12.3 Å². The Bertz CT molecular complexity index is 434. The highest BCUT2D eigenvalue weighted by atomic mass is 15.2. The van der Waals surface area contributed by atoms with Gasteiger partial charge in [-0.1, -0.05) is 13.0 Å². The zero-order valence-corrected chi connectivity index (χ0v) is 9.85. The van der Waals surface area contributed by atoms with Crippen LogP contribution in [0.25, 0.3) is 0 Å². The summed E-state index contributed by atoms with van der Waals surface area (Å²) in [5, 5.41) is 0. The number of rotatable bonds is 5. The highest BCUT2D eigenvalue weighted by Crippen LogP contribution is 2.12. The first-order valence-electron chi connectivity index (χ1n) is 5.72. The first-order valence-corrected chi connectivity index (χ1v) is 5.72. The smallest absolute Gasteiger partial charge is 0.124 e. The normalized spacial score (nSPS) is 12.6. The van der Waals surface area contributed by atoms with Crippen LogP contribution in [-0.2, 0) is 12.8 Å². The topological polar surface area (TPSA) is 79.6 Å². The summed E-state index contributed by atoms with van der Waals surface area (Å²) in [6.07, 6.45) is 7.13. The largest absolute Gasteiger partial charge is 0.347 e. The van der Waals surface area contributed by atoms with Gasteiger partial charge in [0.05, 0.1) is 6.04 Å². The second-order valence-corrected chi connectivity index (χ2v) is 3.91. The number of aromatic nitrogens is 3. The zero-order chi connectivity index (χ0) is 12.1. The molecule has 0 fully saturated rings. The molecule has 2 heterocycles. The fourth-order valence-electron chi connectivity index (χ4n) is 1.70. The molecule has 0 aliphatic heterocycles. The molecule has 0 radical (unpaired) electrons. The van der Waals surface area contributed by atoms with Crippen molar-refractivity contribution in [2.45, 2.75) is 25.8 Å². The van der Waals surface area contributed by atoms with Gasteiger partial charge in [-0.05, 0) is 18.1 Å². The number of nitrogens with zero attached hydrogens (tertiary/aromatic N) is 2. The van der Waals surface area contributed by atoms with Gasteiger partial charge in [0.15, 0.2) is 0 Å². The Morgan fingerprint density at radius 1 is 1.41 bits per heavy atom. The Labute approximate surface area is 100 Å². The van der Waals surface area contributed by atoms with Crippen molar-refractivity contribution < 1.29 is 0 Å². The fraction of sp³-hybridized carbons (Fsp3) is 0.333. The average Bonchev–Trinajstić information content (AvgIpc) is 2.90. The second-order valence-electron chi connectivity index (χ2n) is 3.91. The first-order chi connectivity index (χ1) is 8.33. The van der Waals surface area contributed by atoms with Crippen molar-refractivity contribution in [3.63, 3.8) is 0 Å². The van der Waals surface area contributed by atoms with E-state index in [1.54, 1.807) is 12.4 Å². The quantitative estimate of drug-likeness (QED) is 0.532. The number of nitrogens with one attached hydrogen (secondary N) is 2. The summed E-state index contributed by atoms with van der Waals surface area (Å²) in [5.41, 5.74) is 4.99. The van der Waals surface area contributed by atoms with Gasteiger partial charge in [-0.15, -0.1) is 0 Å². The Morgan fingerprint density at radius 3 is 2.82 bits per heavy atom. The molecular weight excluding hydrogens is 214 g/mol. The summed E-state index contributed by atoms with van der Waals surface area (Å²) < 4.78 is 0. The summed E-state index contributed by atoms with van der Waals surface area (Å²) in [5.74, 6) is 6.36. The maximum atomic E-state index is 5.53. The van der Waals surface area contributed by atoms with Gasteiger partial charge in [-0.3, -0.25) is 10.8 Å². The van der Waals surface area contributed by atoms with E-state index in [1.165, 1.54) is 5.56 Å². The van der Waals surface area contributed by atoms with Crippen molar-refractivity contribution in [2.24, 2.45) is 5.84 Å². The minimum atomic E-state index is -0.0371. The third-order valence-corrected chi connectivity index (χ3v) is 2.76. The number of aryl methyl sites for hydroxylation is 1. The van der Waals surface area contributed by atoms with E-state index in [2.05, 4.69) is 33.4 Å². The molecule has 0 aromatic carbocycles. The summed E-state index contributed by atoms with van der Waals surface area (Å²) in [7, 11) is 0. The summed E-state index contributed by atoms with van der Waals surface area (Å²) >= 11 is 0. The SMILES string of the molecule is CCc1ccc(CC(NN)c2ncc[nH]2)nc1. The Hall–Kier alpha value is -1.72. The number of aromatic amines is 1. The van der Waals surface area contributed by atoms with Crippen LogP contribution in [-0.4, -0.2) is 15.0 Å². The van der Waals surface area contributed by atoms with E-state index in [0.29, 0.717) is 6.42 Å². The summed E-state index contributed by atoms with van der Waals surface area (Å²) in [6.45, 7) is 2.11. The van der Waals surface area contributed by atoms with Crippen molar-refractivity contribution in [3.8, 4) is 0 Å². The maximum Gasteiger partial charge on any atom is 0.124 e. The molecule has 0 bridgehead atoms. The van der Waals surface area contributed by atoms with Crippen LogP contribution >= 0.6 is 0 Å². The number of hydrogen-bond acceptors (Lipinski definition) is 4. The standard InChI is InChI=1S/C12H17N5/c1-2-9-3-4-10(16-8-9)7-11(17-13)12-14-5-6-15-12/h3-6,8,11,17H,2,7,13H2,1H3,(H,14,15). The molecule has 5 heteroatoms. The summed E-state index contributed by atoms with van der Waals surface area (Å²) in [4.78, 5) is 11.7. The van der Waals surface area contributed by atoms with Gasteiger partial charge in [0.2, 0.25) is 0 Å². The van der Waals surface area contributed by atoms with Gasteiger partial charge in [0, 0.05) is 30.7 Å². The van der Waals surface area contributed by atoms with Crippen molar-refractivity contribution >= 4 is 0 Å². The van der Waals surface area contributed by atoms with Gasteiger partial charge >= 0.3 is 0 Å². The maximum absolute atomic E-state index is 5.53. The minimum absolute atomic E-state index is 0.0371. The number of H-pyrrole nitrogens is 1. The van der Waals surface area contributed by atoms with E-state index < -0.39 is 0 Å². The number of imidazole rings is 1. The molecule has 90 valence electrons. The van der Waals surface area contributed by atoms with Crippen LogP contribution in [0.4, 0.5) is 0 Å². The van der Waals surface area contributed by atoms with Crippen molar-refractivity contribution in [3.05, 3.63) is 47.8 Å². The zero-order valence-electron chi connectivity index (χ0n) is 9.85. The average molecular weight is 231 g/mol. The van der Waals surface area contributed by atoms with Crippen LogP contribution in [0.5, 0.6) is 0 Å². The van der Waals surface area contributed by atoms with Crippen LogP contribution in [0, 0.1) is 0 Å². The number of hydrogen-bond donors (Lipinski definition) is 3. The second kappa shape index (κ2) is 5.56. The van der Waals surface area contributed by atoms with Crippen LogP contribution in [0.3, 0.4) is 0 Å². The van der Waals surface area contributed by atoms with Gasteiger partial charge in [0.1, 0.15) is 5.82 Å². The van der Waals surface area contributed by atoms with Gasteiger partial charge in [-0.25, -0.2) is 10.4 Å². The third-order valence-electron chi connectivity index (χ3n) is 2.76. The molecule has 0 saturated heterocycles. The van der Waals surface area contributed by atoms with Crippen molar-refractivity contribution in [2.75, 3.05) is 0 Å². The van der Waals surface area contributed by atoms with Crippen LogP contribution in [0.2, 0.25) is 0 Å². The van der Waals surface area contributed by atoms with E-state index in [9.17, 15) is 0 Å². The lowest BCUT2D eigenvalue weighted by atomic mass is 10.1. The molecule has 1 unspecified atom stereocenters. The molecule has 1 atom stereocenters. The molecule has 17 heavy (non-hydrogen) atoms. The van der Waals surface area contributed by atoms with Gasteiger partial charge in [-0.2, -0.15) is 0 Å². The fourth-order valence-corrected chi connectivity index (χ4v) is 1.70. The summed E-state index contributed by atoms with van der Waals surface area (Å²) in [6, 6.07) is 4.09. The first kappa shape index (κ1) is 11.8. The Morgan fingerprint density at radius 2 is 2.29 bits per heavy atom. The highest BCUT2D eigenvalue weighted by Gasteiger charge is 2.13. The molecule has 0 saturated carbocycles. The third kappa shape index (κ3) is 2.89. The number of pyridine rings is 1. The van der Waals surface area contributed by atoms with Gasteiger partial charge in [0.25, 0.3) is 0 Å².